The van der Waals surface area contributed by atoms with Crippen LogP contribution in [-0.4, -0.2) is 10.5 Å². The Morgan fingerprint density at radius 2 is 2.04 bits per heavy atom. The summed E-state index contributed by atoms with van der Waals surface area (Å²) >= 11 is 1.44. The third kappa shape index (κ3) is 2.99. The van der Waals surface area contributed by atoms with Crippen LogP contribution in [0.4, 0.5) is 0 Å². The SMILES string of the molecule is C#CCn1c(=NC(=O)c2ccc(C#N)cc2)sc2cc(C)ccc21. The highest BCUT2D eigenvalue weighted by Gasteiger charge is 2.09. The lowest BCUT2D eigenvalue weighted by Crippen LogP contribution is -2.16. The lowest BCUT2D eigenvalue weighted by Gasteiger charge is -2.00. The van der Waals surface area contributed by atoms with Crippen LogP contribution in [0.25, 0.3) is 10.2 Å². The molecule has 3 aromatic rings. The highest BCUT2D eigenvalue weighted by Crippen LogP contribution is 2.19. The van der Waals surface area contributed by atoms with Gasteiger partial charge < -0.3 is 4.57 Å². The summed E-state index contributed by atoms with van der Waals surface area (Å²) < 4.78 is 2.90. The molecule has 2 aromatic carbocycles. The Morgan fingerprint density at radius 1 is 1.29 bits per heavy atom. The first-order chi connectivity index (χ1) is 11.6. The molecule has 1 amide bonds. The van der Waals surface area contributed by atoms with Crippen molar-refractivity contribution < 1.29 is 4.79 Å². The number of thiazole rings is 1. The van der Waals surface area contributed by atoms with Crippen LogP contribution in [-0.2, 0) is 6.54 Å². The minimum absolute atomic E-state index is 0.350. The Balaban J connectivity index is 2.11. The molecule has 0 unspecified atom stereocenters. The van der Waals surface area contributed by atoms with Gasteiger partial charge in [-0.15, -0.1) is 6.42 Å². The minimum Gasteiger partial charge on any atom is -0.305 e. The number of nitrogens with zero attached hydrogens (tertiary/aromatic N) is 3. The van der Waals surface area contributed by atoms with E-state index >= 15 is 0 Å². The van der Waals surface area contributed by atoms with E-state index in [0.717, 1.165) is 15.8 Å². The normalized spacial score (nSPS) is 11.2. The first-order valence-electron chi connectivity index (χ1n) is 7.25. The number of aryl methyl sites for hydroxylation is 1. The zero-order valence-corrected chi connectivity index (χ0v) is 13.8. The summed E-state index contributed by atoms with van der Waals surface area (Å²) in [7, 11) is 0. The van der Waals surface area contributed by atoms with E-state index in [1.54, 1.807) is 24.3 Å². The predicted octanol–water partition coefficient (Wildman–Crippen LogP) is 3.26. The number of nitriles is 1. The fraction of sp³-hybridized carbons (Fsp3) is 0.105. The average molecular weight is 331 g/mol. The lowest BCUT2D eigenvalue weighted by atomic mass is 10.1. The van der Waals surface area contributed by atoms with Crippen molar-refractivity contribution in [3.8, 4) is 18.4 Å². The molecule has 0 saturated heterocycles. The van der Waals surface area contributed by atoms with Crippen LogP contribution in [0.15, 0.2) is 47.5 Å². The fourth-order valence-electron chi connectivity index (χ4n) is 2.35. The van der Waals surface area contributed by atoms with Crippen molar-refractivity contribution in [2.75, 3.05) is 0 Å². The van der Waals surface area contributed by atoms with Crippen LogP contribution in [0.5, 0.6) is 0 Å². The molecule has 0 bridgehead atoms. The number of fused-ring (bicyclic) bond motifs is 1. The Hall–Kier alpha value is -3.15. The molecule has 0 N–H and O–H groups in total. The second-order valence-electron chi connectivity index (χ2n) is 5.25. The van der Waals surface area contributed by atoms with Crippen molar-refractivity contribution >= 4 is 27.5 Å². The van der Waals surface area contributed by atoms with Gasteiger partial charge in [-0.25, -0.2) is 0 Å². The number of benzene rings is 2. The maximum atomic E-state index is 12.4. The van der Waals surface area contributed by atoms with Crippen LogP contribution in [0, 0.1) is 30.6 Å². The Kier molecular flexibility index (Phi) is 4.29. The number of hydrogen-bond acceptors (Lipinski definition) is 3. The van der Waals surface area contributed by atoms with Crippen molar-refractivity contribution in [3.63, 3.8) is 0 Å². The van der Waals surface area contributed by atoms with Gasteiger partial charge in [0.2, 0.25) is 0 Å². The largest absolute Gasteiger partial charge is 0.305 e. The molecule has 0 atom stereocenters. The van der Waals surface area contributed by atoms with E-state index in [1.807, 2.05) is 29.7 Å². The molecule has 0 saturated carbocycles. The molecule has 3 rings (SSSR count). The minimum atomic E-state index is -0.353. The number of rotatable bonds is 2. The van der Waals surface area contributed by atoms with Gasteiger partial charge in [-0.1, -0.05) is 23.3 Å². The molecule has 1 heterocycles. The molecule has 0 radical (unpaired) electrons. The summed E-state index contributed by atoms with van der Waals surface area (Å²) in [5.74, 6) is 2.25. The van der Waals surface area contributed by atoms with E-state index in [4.69, 9.17) is 11.7 Å². The second-order valence-corrected chi connectivity index (χ2v) is 6.26. The van der Waals surface area contributed by atoms with Gasteiger partial charge in [-0.3, -0.25) is 4.79 Å². The van der Waals surface area contributed by atoms with Crippen molar-refractivity contribution in [1.29, 1.82) is 5.26 Å². The molecule has 0 spiro atoms. The van der Waals surface area contributed by atoms with Gasteiger partial charge in [-0.2, -0.15) is 10.3 Å². The molecular weight excluding hydrogens is 318 g/mol. The number of terminal acetylenes is 1. The Bertz CT molecular complexity index is 1070. The highest BCUT2D eigenvalue weighted by atomic mass is 32.1. The Morgan fingerprint density at radius 3 is 2.71 bits per heavy atom. The van der Waals surface area contributed by atoms with Crippen molar-refractivity contribution in [2.24, 2.45) is 4.99 Å². The number of carbonyl (C=O) groups is 1. The van der Waals surface area contributed by atoms with E-state index in [1.165, 1.54) is 11.3 Å². The van der Waals surface area contributed by atoms with E-state index in [-0.39, 0.29) is 5.91 Å². The summed E-state index contributed by atoms with van der Waals surface area (Å²) in [6.07, 6.45) is 5.46. The predicted molar refractivity (Wildman–Crippen MR) is 94.4 cm³/mol. The molecule has 0 aliphatic rings. The van der Waals surface area contributed by atoms with Crippen LogP contribution in [0.1, 0.15) is 21.5 Å². The topological polar surface area (TPSA) is 58.1 Å². The molecule has 0 fully saturated rings. The fourth-order valence-corrected chi connectivity index (χ4v) is 3.47. The summed E-state index contributed by atoms with van der Waals surface area (Å²) in [5, 5.41) is 8.82. The van der Waals surface area contributed by atoms with Crippen LogP contribution < -0.4 is 4.80 Å². The van der Waals surface area contributed by atoms with Crippen LogP contribution in [0.2, 0.25) is 0 Å². The van der Waals surface area contributed by atoms with E-state index in [0.29, 0.717) is 22.5 Å². The number of amides is 1. The van der Waals surface area contributed by atoms with Gasteiger partial charge in [0.05, 0.1) is 28.4 Å². The van der Waals surface area contributed by atoms with Gasteiger partial charge in [-0.05, 0) is 48.9 Å². The highest BCUT2D eigenvalue weighted by molar-refractivity contribution is 7.16. The smallest absolute Gasteiger partial charge is 0.279 e. The first-order valence-corrected chi connectivity index (χ1v) is 8.06. The lowest BCUT2D eigenvalue weighted by molar-refractivity contribution is 0.0998. The number of hydrogen-bond donors (Lipinski definition) is 0. The second kappa shape index (κ2) is 6.54. The van der Waals surface area contributed by atoms with Gasteiger partial charge in [0.15, 0.2) is 4.80 Å². The molecule has 24 heavy (non-hydrogen) atoms. The van der Waals surface area contributed by atoms with Crippen LogP contribution in [0.3, 0.4) is 0 Å². The quantitative estimate of drug-likeness (QED) is 0.677. The maximum absolute atomic E-state index is 12.4. The van der Waals surface area contributed by atoms with Gasteiger partial charge in [0.25, 0.3) is 5.91 Å². The summed E-state index contributed by atoms with van der Waals surface area (Å²) in [6.45, 7) is 2.37. The van der Waals surface area contributed by atoms with E-state index < -0.39 is 0 Å². The summed E-state index contributed by atoms with van der Waals surface area (Å²) in [5.41, 5.74) is 3.05. The Labute approximate surface area is 143 Å². The third-order valence-corrected chi connectivity index (χ3v) is 4.59. The standard InChI is InChI=1S/C19H13N3OS/c1-3-10-22-16-9-4-13(2)11-17(16)24-19(22)21-18(23)15-7-5-14(12-20)6-8-15/h1,4-9,11H,10H2,2H3. The molecule has 116 valence electrons. The molecule has 1 aromatic heterocycles. The van der Waals surface area contributed by atoms with Crippen molar-refractivity contribution in [2.45, 2.75) is 13.5 Å². The molecule has 4 nitrogen and oxygen atoms in total. The van der Waals surface area contributed by atoms with Crippen molar-refractivity contribution in [3.05, 3.63) is 64.0 Å². The average Bonchev–Trinajstić information content (AvgIpc) is 2.91. The van der Waals surface area contributed by atoms with Gasteiger partial charge in [0.1, 0.15) is 0 Å². The van der Waals surface area contributed by atoms with E-state index in [2.05, 4.69) is 17.0 Å². The summed E-state index contributed by atoms with van der Waals surface area (Å²) in [4.78, 5) is 17.2. The third-order valence-electron chi connectivity index (χ3n) is 3.55. The van der Waals surface area contributed by atoms with Crippen molar-refractivity contribution in [1.82, 2.24) is 4.57 Å². The summed E-state index contributed by atoms with van der Waals surface area (Å²) in [6, 6.07) is 14.5. The van der Waals surface area contributed by atoms with Gasteiger partial charge >= 0.3 is 0 Å². The zero-order chi connectivity index (χ0) is 17.1. The number of carbonyl (C=O) groups excluding carboxylic acids is 1. The first kappa shape index (κ1) is 15.7. The zero-order valence-electron chi connectivity index (χ0n) is 13.0. The number of aromatic nitrogens is 1. The van der Waals surface area contributed by atoms with Gasteiger partial charge in [0, 0.05) is 5.56 Å². The van der Waals surface area contributed by atoms with Crippen LogP contribution >= 0.6 is 11.3 Å². The van der Waals surface area contributed by atoms with E-state index in [9.17, 15) is 4.79 Å². The monoisotopic (exact) mass is 331 g/mol. The molecule has 0 aliphatic carbocycles. The molecular formula is C19H13N3OS. The molecule has 5 heteroatoms. The maximum Gasteiger partial charge on any atom is 0.279 e. The molecule has 0 aliphatic heterocycles.